The summed E-state index contributed by atoms with van der Waals surface area (Å²) >= 11 is 0. The van der Waals surface area contributed by atoms with Crippen LogP contribution in [-0.4, -0.2) is 34.7 Å². The van der Waals surface area contributed by atoms with Gasteiger partial charge in [-0.2, -0.15) is 0 Å². The van der Waals surface area contributed by atoms with Gasteiger partial charge in [-0.25, -0.2) is 4.79 Å². The molecule has 0 saturated heterocycles. The molecule has 1 unspecified atom stereocenters. The van der Waals surface area contributed by atoms with E-state index in [9.17, 15) is 19.8 Å². The van der Waals surface area contributed by atoms with Crippen molar-refractivity contribution in [1.29, 1.82) is 0 Å². The van der Waals surface area contributed by atoms with Crippen LogP contribution in [0.2, 0.25) is 0 Å². The van der Waals surface area contributed by atoms with Gasteiger partial charge in [0.2, 0.25) is 0 Å². The van der Waals surface area contributed by atoms with Gasteiger partial charge >= 0.3 is 5.97 Å². The third-order valence-corrected chi connectivity index (χ3v) is 4.74. The Labute approximate surface area is 135 Å². The van der Waals surface area contributed by atoms with Crippen LogP contribution in [-0.2, 0) is 11.2 Å². The van der Waals surface area contributed by atoms with Crippen LogP contribution in [0.4, 0.5) is 0 Å². The first-order chi connectivity index (χ1) is 10.6. The Hall–Kier alpha value is -2.14. The van der Waals surface area contributed by atoms with Crippen molar-refractivity contribution >= 4 is 11.8 Å². The van der Waals surface area contributed by atoms with Crippen LogP contribution in [0.1, 0.15) is 36.7 Å². The van der Waals surface area contributed by atoms with Gasteiger partial charge in [0.05, 0.1) is 18.3 Å². The van der Waals surface area contributed by atoms with Crippen molar-refractivity contribution in [1.82, 2.24) is 0 Å². The van der Waals surface area contributed by atoms with Crippen molar-refractivity contribution in [2.45, 2.75) is 32.8 Å². The first kappa shape index (κ1) is 17.2. The molecule has 0 fully saturated rings. The van der Waals surface area contributed by atoms with Gasteiger partial charge in [0, 0.05) is 11.3 Å². The van der Waals surface area contributed by atoms with Crippen LogP contribution >= 0.6 is 0 Å². The van der Waals surface area contributed by atoms with Crippen LogP contribution in [0.3, 0.4) is 0 Å². The summed E-state index contributed by atoms with van der Waals surface area (Å²) in [5.74, 6) is -0.934. The fraction of sp³-hybridized carbons (Fsp3) is 0.444. The Morgan fingerprint density at radius 1 is 1.30 bits per heavy atom. The molecule has 0 amide bonds. The van der Waals surface area contributed by atoms with Crippen LogP contribution < -0.4 is 4.74 Å². The molecule has 124 valence electrons. The van der Waals surface area contributed by atoms with Crippen molar-refractivity contribution in [3.8, 4) is 5.75 Å². The van der Waals surface area contributed by atoms with Gasteiger partial charge in [-0.3, -0.25) is 4.79 Å². The molecule has 1 aliphatic rings. The second kappa shape index (κ2) is 5.81. The summed E-state index contributed by atoms with van der Waals surface area (Å²) < 4.78 is 5.31. The van der Waals surface area contributed by atoms with Crippen LogP contribution in [0.15, 0.2) is 30.4 Å². The number of benzene rings is 1. The lowest BCUT2D eigenvalue weighted by molar-refractivity contribution is -0.132. The Morgan fingerprint density at radius 2 is 1.96 bits per heavy atom. The lowest BCUT2D eigenvalue weighted by atomic mass is 9.62. The van der Waals surface area contributed by atoms with Crippen LogP contribution in [0.5, 0.6) is 5.75 Å². The number of carboxylic acid groups (broad SMARTS) is 1. The predicted octanol–water partition coefficient (Wildman–Crippen LogP) is 2.47. The summed E-state index contributed by atoms with van der Waals surface area (Å²) in [5.41, 5.74) is -1.12. The molecule has 0 heterocycles. The molecule has 1 aliphatic carbocycles. The number of aliphatic hydroxyl groups is 1. The molecule has 0 aliphatic heterocycles. The zero-order valence-electron chi connectivity index (χ0n) is 13.8. The number of hydrogen-bond donors (Lipinski definition) is 2. The van der Waals surface area contributed by atoms with Crippen molar-refractivity contribution in [3.05, 3.63) is 41.5 Å². The van der Waals surface area contributed by atoms with E-state index in [1.165, 1.54) is 31.4 Å². The highest BCUT2D eigenvalue weighted by Gasteiger charge is 2.47. The van der Waals surface area contributed by atoms with Gasteiger partial charge < -0.3 is 14.9 Å². The third kappa shape index (κ3) is 3.15. The SMILES string of the molecule is COc1ccc(C(=O)O)cc1CC1C(C)(C)C(=O)C=C[C@@]1(C)O. The summed E-state index contributed by atoms with van der Waals surface area (Å²) in [6.45, 7) is 5.26. The number of aromatic carboxylic acids is 1. The van der Waals surface area contributed by atoms with E-state index >= 15 is 0 Å². The summed E-state index contributed by atoms with van der Waals surface area (Å²) in [4.78, 5) is 23.4. The normalized spacial score (nSPS) is 26.1. The highest BCUT2D eigenvalue weighted by molar-refractivity contribution is 5.96. The minimum atomic E-state index is -1.17. The molecule has 2 rings (SSSR count). The standard InChI is InChI=1S/C18H22O5/c1-17(2)14(18(3,22)8-7-15(17)19)10-12-9-11(16(20)21)5-6-13(12)23-4/h5-9,14,22H,10H2,1-4H3,(H,20,21)/t14?,18-/m1/s1. The second-order valence-corrected chi connectivity index (χ2v) is 6.73. The zero-order valence-corrected chi connectivity index (χ0v) is 13.8. The number of carbonyl (C=O) groups excluding carboxylic acids is 1. The lowest BCUT2D eigenvalue weighted by Gasteiger charge is -2.43. The number of rotatable bonds is 4. The molecular weight excluding hydrogens is 296 g/mol. The summed E-state index contributed by atoms with van der Waals surface area (Å²) in [7, 11) is 1.51. The highest BCUT2D eigenvalue weighted by atomic mass is 16.5. The van der Waals surface area contributed by atoms with Crippen molar-refractivity contribution < 1.29 is 24.5 Å². The molecule has 1 aromatic rings. The number of methoxy groups -OCH3 is 1. The molecule has 1 aromatic carbocycles. The molecule has 0 spiro atoms. The molecule has 23 heavy (non-hydrogen) atoms. The fourth-order valence-corrected chi connectivity index (χ4v) is 3.23. The van der Waals surface area contributed by atoms with Gasteiger partial charge in [0.15, 0.2) is 5.78 Å². The van der Waals surface area contributed by atoms with Crippen molar-refractivity contribution in [2.24, 2.45) is 11.3 Å². The molecule has 2 N–H and O–H groups in total. The summed E-state index contributed by atoms with van der Waals surface area (Å²) in [6.07, 6.45) is 3.26. The van der Waals surface area contributed by atoms with Gasteiger partial charge in [-0.1, -0.05) is 13.8 Å². The van der Waals surface area contributed by atoms with E-state index in [0.717, 1.165) is 0 Å². The summed E-state index contributed by atoms with van der Waals surface area (Å²) in [5, 5.41) is 19.9. The molecule has 5 nitrogen and oxygen atoms in total. The van der Waals surface area contributed by atoms with E-state index in [1.54, 1.807) is 26.8 Å². The molecular formula is C18H22O5. The Bertz CT molecular complexity index is 670. The van der Waals surface area contributed by atoms with Gasteiger partial charge in [0.25, 0.3) is 0 Å². The Balaban J connectivity index is 2.47. The number of allylic oxidation sites excluding steroid dienone is 1. The lowest BCUT2D eigenvalue weighted by Crippen LogP contribution is -2.49. The molecule has 0 saturated carbocycles. The number of carbonyl (C=O) groups is 2. The first-order valence-corrected chi connectivity index (χ1v) is 7.46. The number of ether oxygens (including phenoxy) is 1. The van der Waals surface area contributed by atoms with E-state index in [4.69, 9.17) is 4.74 Å². The number of hydrogen-bond acceptors (Lipinski definition) is 4. The zero-order chi connectivity index (χ0) is 17.4. The second-order valence-electron chi connectivity index (χ2n) is 6.73. The number of ketones is 1. The van der Waals surface area contributed by atoms with Crippen LogP contribution in [0, 0.1) is 11.3 Å². The van der Waals surface area contributed by atoms with Crippen molar-refractivity contribution in [2.75, 3.05) is 7.11 Å². The van der Waals surface area contributed by atoms with Gasteiger partial charge in [-0.05, 0) is 49.3 Å². The van der Waals surface area contributed by atoms with E-state index < -0.39 is 22.9 Å². The molecule has 0 bridgehead atoms. The van der Waals surface area contributed by atoms with Gasteiger partial charge in [-0.15, -0.1) is 0 Å². The van der Waals surface area contributed by atoms with Gasteiger partial charge in [0.1, 0.15) is 5.75 Å². The molecule has 0 aromatic heterocycles. The average Bonchev–Trinajstić information content (AvgIpc) is 2.48. The first-order valence-electron chi connectivity index (χ1n) is 7.46. The van der Waals surface area contributed by atoms with E-state index in [2.05, 4.69) is 0 Å². The van der Waals surface area contributed by atoms with E-state index in [1.807, 2.05) is 0 Å². The highest BCUT2D eigenvalue weighted by Crippen LogP contribution is 2.43. The largest absolute Gasteiger partial charge is 0.496 e. The Morgan fingerprint density at radius 3 is 2.52 bits per heavy atom. The maximum absolute atomic E-state index is 12.2. The topological polar surface area (TPSA) is 83.8 Å². The minimum absolute atomic E-state index is 0.0534. The van der Waals surface area contributed by atoms with Crippen molar-refractivity contribution in [3.63, 3.8) is 0 Å². The number of carboxylic acids is 1. The Kier molecular flexibility index (Phi) is 4.35. The summed E-state index contributed by atoms with van der Waals surface area (Å²) in [6, 6.07) is 4.61. The quantitative estimate of drug-likeness (QED) is 0.891. The maximum Gasteiger partial charge on any atom is 0.335 e. The monoisotopic (exact) mass is 318 g/mol. The minimum Gasteiger partial charge on any atom is -0.496 e. The average molecular weight is 318 g/mol. The smallest absolute Gasteiger partial charge is 0.335 e. The van der Waals surface area contributed by atoms with Crippen LogP contribution in [0.25, 0.3) is 0 Å². The maximum atomic E-state index is 12.2. The third-order valence-electron chi connectivity index (χ3n) is 4.74. The van der Waals surface area contributed by atoms with E-state index in [0.29, 0.717) is 17.7 Å². The van der Waals surface area contributed by atoms with E-state index in [-0.39, 0.29) is 11.3 Å². The fourth-order valence-electron chi connectivity index (χ4n) is 3.23. The molecule has 2 atom stereocenters. The molecule has 5 heteroatoms. The molecule has 0 radical (unpaired) electrons. The predicted molar refractivity (Wildman–Crippen MR) is 85.7 cm³/mol.